The van der Waals surface area contributed by atoms with Crippen LogP contribution in [-0.2, 0) is 0 Å². The van der Waals surface area contributed by atoms with E-state index in [4.69, 9.17) is 10.5 Å². The number of ether oxygens (including phenoxy) is 1. The molecule has 2 rings (SSSR count). The Kier molecular flexibility index (Phi) is 3.15. The molecular weight excluding hydrogens is 266 g/mol. The number of aryl methyl sites for hydroxylation is 1. The van der Waals surface area contributed by atoms with Crippen LogP contribution >= 0.6 is 15.9 Å². The molecule has 3 heteroatoms. The third-order valence-corrected chi connectivity index (χ3v) is 2.78. The molecule has 0 spiro atoms. The minimum absolute atomic E-state index is 0.641. The van der Waals surface area contributed by atoms with Crippen LogP contribution in [0.2, 0.25) is 0 Å². The molecule has 82 valence electrons. The summed E-state index contributed by atoms with van der Waals surface area (Å²) in [7, 11) is 0. The van der Waals surface area contributed by atoms with Gasteiger partial charge in [0.1, 0.15) is 11.5 Å². The molecule has 16 heavy (non-hydrogen) atoms. The second-order valence-corrected chi connectivity index (χ2v) is 4.47. The highest BCUT2D eigenvalue weighted by Gasteiger charge is 2.04. The van der Waals surface area contributed by atoms with E-state index in [9.17, 15) is 0 Å². The fourth-order valence-electron chi connectivity index (χ4n) is 1.38. The van der Waals surface area contributed by atoms with Crippen LogP contribution in [0.25, 0.3) is 0 Å². The molecule has 0 unspecified atom stereocenters. The van der Waals surface area contributed by atoms with E-state index < -0.39 is 0 Å². The van der Waals surface area contributed by atoms with Crippen molar-refractivity contribution in [3.8, 4) is 11.5 Å². The Morgan fingerprint density at radius 1 is 1.06 bits per heavy atom. The third kappa shape index (κ3) is 2.36. The summed E-state index contributed by atoms with van der Waals surface area (Å²) < 4.78 is 6.75. The molecule has 0 saturated heterocycles. The van der Waals surface area contributed by atoms with E-state index in [1.54, 1.807) is 0 Å². The van der Waals surface area contributed by atoms with Crippen molar-refractivity contribution in [1.82, 2.24) is 0 Å². The summed E-state index contributed by atoms with van der Waals surface area (Å²) in [5.74, 6) is 1.50. The van der Waals surface area contributed by atoms with Crippen LogP contribution in [0.1, 0.15) is 5.56 Å². The van der Waals surface area contributed by atoms with E-state index in [1.165, 1.54) is 0 Å². The van der Waals surface area contributed by atoms with E-state index >= 15 is 0 Å². The number of halogens is 1. The monoisotopic (exact) mass is 277 g/mol. The number of hydrogen-bond donors (Lipinski definition) is 1. The molecule has 0 saturated carbocycles. The van der Waals surface area contributed by atoms with Crippen LogP contribution in [-0.4, -0.2) is 0 Å². The van der Waals surface area contributed by atoms with Gasteiger partial charge in [0.25, 0.3) is 0 Å². The van der Waals surface area contributed by atoms with E-state index in [0.29, 0.717) is 11.4 Å². The highest BCUT2D eigenvalue weighted by Crippen LogP contribution is 2.31. The number of nitrogens with two attached hydrogens (primary N) is 1. The van der Waals surface area contributed by atoms with Gasteiger partial charge in [-0.3, -0.25) is 0 Å². The second kappa shape index (κ2) is 4.58. The molecule has 2 nitrogen and oxygen atoms in total. The van der Waals surface area contributed by atoms with Crippen LogP contribution in [0.4, 0.5) is 5.69 Å². The SMILES string of the molecule is Cc1ccc(Br)cc1Oc1ccccc1N. The Morgan fingerprint density at radius 2 is 1.81 bits per heavy atom. The summed E-state index contributed by atoms with van der Waals surface area (Å²) in [6.45, 7) is 2.00. The second-order valence-electron chi connectivity index (χ2n) is 3.55. The first-order chi connectivity index (χ1) is 7.66. The summed E-state index contributed by atoms with van der Waals surface area (Å²) in [5.41, 5.74) is 7.54. The lowest BCUT2D eigenvalue weighted by molar-refractivity contribution is 0.481. The fraction of sp³-hybridized carbons (Fsp3) is 0.0769. The Labute approximate surface area is 103 Å². The van der Waals surface area contributed by atoms with Crippen molar-refractivity contribution < 1.29 is 4.74 Å². The van der Waals surface area contributed by atoms with Crippen LogP contribution in [0.3, 0.4) is 0 Å². The van der Waals surface area contributed by atoms with E-state index in [1.807, 2.05) is 49.4 Å². The van der Waals surface area contributed by atoms with Crippen molar-refractivity contribution in [2.45, 2.75) is 6.92 Å². The molecule has 0 aromatic heterocycles. The third-order valence-electron chi connectivity index (χ3n) is 2.29. The molecule has 0 fully saturated rings. The standard InChI is InChI=1S/C13H12BrNO/c1-9-6-7-10(14)8-13(9)16-12-5-3-2-4-11(12)15/h2-8H,15H2,1H3. The van der Waals surface area contributed by atoms with Crippen LogP contribution < -0.4 is 10.5 Å². The predicted molar refractivity (Wildman–Crippen MR) is 69.8 cm³/mol. The molecular formula is C13H12BrNO. The maximum Gasteiger partial charge on any atom is 0.150 e. The zero-order valence-corrected chi connectivity index (χ0v) is 10.5. The van der Waals surface area contributed by atoms with Crippen molar-refractivity contribution in [2.24, 2.45) is 0 Å². The Morgan fingerprint density at radius 3 is 2.56 bits per heavy atom. The van der Waals surface area contributed by atoms with Crippen molar-refractivity contribution in [2.75, 3.05) is 5.73 Å². The molecule has 2 aromatic carbocycles. The Bertz CT molecular complexity index is 511. The van der Waals surface area contributed by atoms with Gasteiger partial charge in [0.05, 0.1) is 5.69 Å². The maximum absolute atomic E-state index is 5.82. The molecule has 0 amide bonds. The number of para-hydroxylation sites is 2. The van der Waals surface area contributed by atoms with Gasteiger partial charge in [-0.15, -0.1) is 0 Å². The van der Waals surface area contributed by atoms with Gasteiger partial charge in [-0.1, -0.05) is 34.1 Å². The molecule has 0 atom stereocenters. The van der Waals surface area contributed by atoms with Crippen LogP contribution in [0.5, 0.6) is 11.5 Å². The van der Waals surface area contributed by atoms with Gasteiger partial charge < -0.3 is 10.5 Å². The lowest BCUT2D eigenvalue weighted by atomic mass is 10.2. The quantitative estimate of drug-likeness (QED) is 0.838. The predicted octanol–water partition coefficient (Wildman–Crippen LogP) is 4.13. The van der Waals surface area contributed by atoms with E-state index in [0.717, 1.165) is 15.8 Å². The molecule has 0 aliphatic heterocycles. The topological polar surface area (TPSA) is 35.2 Å². The maximum atomic E-state index is 5.82. The van der Waals surface area contributed by atoms with Gasteiger partial charge in [-0.25, -0.2) is 0 Å². The summed E-state index contributed by atoms with van der Waals surface area (Å²) in [5, 5.41) is 0. The molecule has 2 N–H and O–H groups in total. The molecule has 0 bridgehead atoms. The van der Waals surface area contributed by atoms with Crippen LogP contribution in [0.15, 0.2) is 46.9 Å². The normalized spacial score (nSPS) is 10.1. The average molecular weight is 278 g/mol. The van der Waals surface area contributed by atoms with Crippen molar-refractivity contribution in [3.05, 3.63) is 52.5 Å². The Hall–Kier alpha value is -1.48. The van der Waals surface area contributed by atoms with Crippen molar-refractivity contribution >= 4 is 21.6 Å². The van der Waals surface area contributed by atoms with E-state index in [2.05, 4.69) is 15.9 Å². The van der Waals surface area contributed by atoms with Crippen molar-refractivity contribution in [1.29, 1.82) is 0 Å². The first-order valence-electron chi connectivity index (χ1n) is 4.95. The molecule has 0 heterocycles. The highest BCUT2D eigenvalue weighted by molar-refractivity contribution is 9.10. The Balaban J connectivity index is 2.34. The molecule has 0 aliphatic rings. The lowest BCUT2D eigenvalue weighted by Gasteiger charge is -2.10. The number of hydrogen-bond acceptors (Lipinski definition) is 2. The number of anilines is 1. The minimum atomic E-state index is 0.641. The smallest absolute Gasteiger partial charge is 0.150 e. The lowest BCUT2D eigenvalue weighted by Crippen LogP contribution is -1.92. The zero-order chi connectivity index (χ0) is 11.5. The summed E-state index contributed by atoms with van der Waals surface area (Å²) in [4.78, 5) is 0. The minimum Gasteiger partial charge on any atom is -0.455 e. The van der Waals surface area contributed by atoms with Crippen molar-refractivity contribution in [3.63, 3.8) is 0 Å². The zero-order valence-electron chi connectivity index (χ0n) is 8.91. The number of nitrogen functional groups attached to an aromatic ring is 1. The van der Waals surface area contributed by atoms with Crippen LogP contribution in [0, 0.1) is 6.92 Å². The molecule has 0 radical (unpaired) electrons. The van der Waals surface area contributed by atoms with Gasteiger partial charge in [0.2, 0.25) is 0 Å². The first kappa shape index (κ1) is 11.0. The average Bonchev–Trinajstić information content (AvgIpc) is 2.27. The van der Waals surface area contributed by atoms with Gasteiger partial charge >= 0.3 is 0 Å². The number of benzene rings is 2. The van der Waals surface area contributed by atoms with Gasteiger partial charge in [0.15, 0.2) is 0 Å². The van der Waals surface area contributed by atoms with Gasteiger partial charge in [0, 0.05) is 4.47 Å². The van der Waals surface area contributed by atoms with Gasteiger partial charge in [-0.05, 0) is 36.8 Å². The summed E-state index contributed by atoms with van der Waals surface area (Å²) >= 11 is 3.42. The molecule has 0 aliphatic carbocycles. The summed E-state index contributed by atoms with van der Waals surface area (Å²) in [6, 6.07) is 13.4. The van der Waals surface area contributed by atoms with Gasteiger partial charge in [-0.2, -0.15) is 0 Å². The highest BCUT2D eigenvalue weighted by atomic mass is 79.9. The molecule has 2 aromatic rings. The fourth-order valence-corrected chi connectivity index (χ4v) is 1.72. The van der Waals surface area contributed by atoms with E-state index in [-0.39, 0.29) is 0 Å². The largest absolute Gasteiger partial charge is 0.455 e. The number of rotatable bonds is 2. The first-order valence-corrected chi connectivity index (χ1v) is 5.74. The summed E-state index contributed by atoms with van der Waals surface area (Å²) in [6.07, 6.45) is 0.